The molecule has 0 spiro atoms. The van der Waals surface area contributed by atoms with E-state index < -0.39 is 0 Å². The van der Waals surface area contributed by atoms with Crippen molar-refractivity contribution in [3.8, 4) is 5.88 Å². The van der Waals surface area contributed by atoms with Crippen molar-refractivity contribution in [1.29, 1.82) is 0 Å². The minimum Gasteiger partial charge on any atom is -0.407 e. The van der Waals surface area contributed by atoms with Crippen LogP contribution < -0.4 is 4.74 Å². The van der Waals surface area contributed by atoms with Crippen LogP contribution in [-0.2, 0) is 11.2 Å². The van der Waals surface area contributed by atoms with E-state index in [9.17, 15) is 4.79 Å². The summed E-state index contributed by atoms with van der Waals surface area (Å²) in [6.45, 7) is 0. The van der Waals surface area contributed by atoms with Crippen molar-refractivity contribution in [3.05, 3.63) is 22.3 Å². The van der Waals surface area contributed by atoms with Crippen molar-refractivity contribution in [3.63, 3.8) is 0 Å². The van der Waals surface area contributed by atoms with Gasteiger partial charge in [-0.25, -0.2) is 4.98 Å². The van der Waals surface area contributed by atoms with E-state index in [-0.39, 0.29) is 5.97 Å². The second kappa shape index (κ2) is 2.30. The largest absolute Gasteiger partial charge is 0.407 e. The van der Waals surface area contributed by atoms with Gasteiger partial charge < -0.3 is 4.74 Å². The predicted molar refractivity (Wildman–Crippen MR) is 41.3 cm³/mol. The zero-order valence-electron chi connectivity index (χ0n) is 5.50. The van der Waals surface area contributed by atoms with E-state index in [1.807, 2.05) is 6.07 Å². The van der Waals surface area contributed by atoms with Crippen LogP contribution >= 0.6 is 15.9 Å². The predicted octanol–water partition coefficient (Wildman–Crippen LogP) is 1.31. The van der Waals surface area contributed by atoms with Crippen molar-refractivity contribution < 1.29 is 9.53 Å². The summed E-state index contributed by atoms with van der Waals surface area (Å²) in [5.74, 6) is 0.204. The molecule has 11 heavy (non-hydrogen) atoms. The van der Waals surface area contributed by atoms with Crippen LogP contribution in [0.2, 0.25) is 0 Å². The molecule has 0 unspecified atom stereocenters. The molecule has 4 heteroatoms. The molecule has 3 nitrogen and oxygen atoms in total. The maximum atomic E-state index is 10.7. The normalized spacial score (nSPS) is 14.5. The molecule has 0 atom stereocenters. The molecule has 0 saturated carbocycles. The molecule has 0 N–H and O–H groups in total. The summed E-state index contributed by atoms with van der Waals surface area (Å²) in [5.41, 5.74) is 0.859. The standard InChI is InChI=1S/C7H4BrNO2/c8-5-2-1-4-3-6(10)11-7(4)9-5/h1-2H,3H2. The van der Waals surface area contributed by atoms with Gasteiger partial charge in [-0.3, -0.25) is 4.79 Å². The third-order valence-corrected chi connectivity index (χ3v) is 1.89. The highest BCUT2D eigenvalue weighted by atomic mass is 79.9. The number of hydrogen-bond donors (Lipinski definition) is 0. The number of halogens is 1. The zero-order chi connectivity index (χ0) is 7.84. The number of carbonyl (C=O) groups excluding carboxylic acids is 1. The summed E-state index contributed by atoms with van der Waals surface area (Å²) >= 11 is 3.18. The Balaban J connectivity index is 2.51. The molecule has 1 aliphatic heterocycles. The Morgan fingerprint density at radius 1 is 1.55 bits per heavy atom. The van der Waals surface area contributed by atoms with Gasteiger partial charge in [0.15, 0.2) is 0 Å². The average Bonchev–Trinajstić information content (AvgIpc) is 2.27. The van der Waals surface area contributed by atoms with Gasteiger partial charge in [-0.05, 0) is 22.0 Å². The first-order chi connectivity index (χ1) is 5.25. The smallest absolute Gasteiger partial charge is 0.317 e. The number of esters is 1. The Morgan fingerprint density at radius 2 is 2.36 bits per heavy atom. The number of fused-ring (bicyclic) bond motifs is 1. The highest BCUT2D eigenvalue weighted by Gasteiger charge is 2.21. The van der Waals surface area contributed by atoms with E-state index in [1.54, 1.807) is 6.07 Å². The SMILES string of the molecule is O=C1Cc2ccc(Br)nc2O1. The lowest BCUT2D eigenvalue weighted by Crippen LogP contribution is -2.00. The molecule has 56 valence electrons. The first-order valence-corrected chi connectivity index (χ1v) is 3.91. The second-order valence-electron chi connectivity index (χ2n) is 2.25. The molecule has 1 aromatic heterocycles. The Hall–Kier alpha value is -0.900. The van der Waals surface area contributed by atoms with Crippen LogP contribution in [0, 0.1) is 0 Å². The summed E-state index contributed by atoms with van der Waals surface area (Å²) < 4.78 is 5.49. The maximum Gasteiger partial charge on any atom is 0.317 e. The molecule has 0 aromatic carbocycles. The molecule has 0 radical (unpaired) electrons. The van der Waals surface area contributed by atoms with E-state index in [2.05, 4.69) is 20.9 Å². The zero-order valence-corrected chi connectivity index (χ0v) is 7.09. The lowest BCUT2D eigenvalue weighted by Gasteiger charge is -1.94. The molecule has 1 aliphatic rings. The summed E-state index contributed by atoms with van der Waals surface area (Å²) in [4.78, 5) is 14.7. The lowest BCUT2D eigenvalue weighted by atomic mass is 10.2. The number of pyridine rings is 1. The summed E-state index contributed by atoms with van der Waals surface area (Å²) in [6.07, 6.45) is 0.343. The van der Waals surface area contributed by atoms with Crippen LogP contribution in [0.3, 0.4) is 0 Å². The summed E-state index contributed by atoms with van der Waals surface area (Å²) in [5, 5.41) is 0. The number of carbonyl (C=O) groups is 1. The second-order valence-corrected chi connectivity index (χ2v) is 3.06. The number of ether oxygens (including phenoxy) is 1. The Labute approximate surface area is 71.5 Å². The third-order valence-electron chi connectivity index (χ3n) is 1.45. The van der Waals surface area contributed by atoms with Gasteiger partial charge >= 0.3 is 5.97 Å². The Morgan fingerprint density at radius 3 is 3.18 bits per heavy atom. The van der Waals surface area contributed by atoms with Gasteiger partial charge in [-0.1, -0.05) is 6.07 Å². The topological polar surface area (TPSA) is 39.2 Å². The Kier molecular flexibility index (Phi) is 1.42. The molecule has 0 saturated heterocycles. The molecule has 0 fully saturated rings. The molecular weight excluding hydrogens is 210 g/mol. The van der Waals surface area contributed by atoms with E-state index in [1.165, 1.54) is 0 Å². The number of rotatable bonds is 0. The number of aromatic nitrogens is 1. The molecule has 0 bridgehead atoms. The van der Waals surface area contributed by atoms with Gasteiger partial charge in [0, 0.05) is 5.56 Å². The fourth-order valence-corrected chi connectivity index (χ4v) is 1.26. The fourth-order valence-electron chi connectivity index (χ4n) is 0.969. The molecule has 2 heterocycles. The van der Waals surface area contributed by atoms with Crippen molar-refractivity contribution in [2.45, 2.75) is 6.42 Å². The van der Waals surface area contributed by atoms with Gasteiger partial charge in [0.05, 0.1) is 6.42 Å². The van der Waals surface area contributed by atoms with Gasteiger partial charge in [-0.2, -0.15) is 0 Å². The van der Waals surface area contributed by atoms with Crippen molar-refractivity contribution in [2.75, 3.05) is 0 Å². The quantitative estimate of drug-likeness (QED) is 0.482. The molecule has 2 rings (SSSR count). The van der Waals surface area contributed by atoms with Crippen LogP contribution in [-0.4, -0.2) is 11.0 Å². The van der Waals surface area contributed by atoms with E-state index in [0.717, 1.165) is 5.56 Å². The van der Waals surface area contributed by atoms with Gasteiger partial charge in [-0.15, -0.1) is 0 Å². The highest BCUT2D eigenvalue weighted by molar-refractivity contribution is 9.10. The van der Waals surface area contributed by atoms with Crippen molar-refractivity contribution in [2.24, 2.45) is 0 Å². The van der Waals surface area contributed by atoms with E-state index in [0.29, 0.717) is 16.9 Å². The fraction of sp³-hybridized carbons (Fsp3) is 0.143. The van der Waals surface area contributed by atoms with Gasteiger partial charge in [0.1, 0.15) is 4.60 Å². The van der Waals surface area contributed by atoms with Crippen molar-refractivity contribution in [1.82, 2.24) is 4.98 Å². The average molecular weight is 214 g/mol. The molecule has 1 aromatic rings. The van der Waals surface area contributed by atoms with Gasteiger partial charge in [0.2, 0.25) is 5.88 Å². The first kappa shape index (κ1) is 6.79. The lowest BCUT2D eigenvalue weighted by molar-refractivity contribution is -0.132. The minimum absolute atomic E-state index is 0.231. The summed E-state index contributed by atoms with van der Waals surface area (Å²) in [6, 6.07) is 3.62. The highest BCUT2D eigenvalue weighted by Crippen LogP contribution is 2.24. The van der Waals surface area contributed by atoms with E-state index in [4.69, 9.17) is 4.74 Å². The van der Waals surface area contributed by atoms with Crippen molar-refractivity contribution >= 4 is 21.9 Å². The molecule has 0 aliphatic carbocycles. The number of hydrogen-bond acceptors (Lipinski definition) is 3. The van der Waals surface area contributed by atoms with E-state index >= 15 is 0 Å². The monoisotopic (exact) mass is 213 g/mol. The first-order valence-electron chi connectivity index (χ1n) is 3.12. The van der Waals surface area contributed by atoms with Crippen LogP contribution in [0.25, 0.3) is 0 Å². The molecule has 0 amide bonds. The Bertz CT molecular complexity index is 324. The van der Waals surface area contributed by atoms with Crippen LogP contribution in [0.1, 0.15) is 5.56 Å². The van der Waals surface area contributed by atoms with Gasteiger partial charge in [0.25, 0.3) is 0 Å². The van der Waals surface area contributed by atoms with Crippen LogP contribution in [0.4, 0.5) is 0 Å². The summed E-state index contributed by atoms with van der Waals surface area (Å²) in [7, 11) is 0. The molecular formula is C7H4BrNO2. The third kappa shape index (κ3) is 1.14. The van der Waals surface area contributed by atoms with Crippen LogP contribution in [0.15, 0.2) is 16.7 Å². The maximum absolute atomic E-state index is 10.7. The van der Waals surface area contributed by atoms with Crippen LogP contribution in [0.5, 0.6) is 5.88 Å². The number of nitrogens with zero attached hydrogens (tertiary/aromatic N) is 1. The minimum atomic E-state index is -0.231.